The summed E-state index contributed by atoms with van der Waals surface area (Å²) in [6, 6.07) is 72.9. The molecule has 10 aromatic rings. The molecule has 2 aromatic heterocycles. The van der Waals surface area contributed by atoms with Crippen molar-refractivity contribution in [3.8, 4) is 90.6 Å². The van der Waals surface area contributed by atoms with Crippen LogP contribution in [0, 0.1) is 0 Å². The maximum atomic E-state index is 5.25. The number of benzene rings is 8. The molecule has 0 radical (unpaired) electrons. The summed E-state index contributed by atoms with van der Waals surface area (Å²) in [6.45, 7) is 6.77. The Labute approximate surface area is 396 Å². The van der Waals surface area contributed by atoms with Crippen LogP contribution in [0.1, 0.15) is 23.6 Å². The Kier molecular flexibility index (Phi) is 11.1. The van der Waals surface area contributed by atoms with Crippen molar-refractivity contribution in [3.05, 3.63) is 265 Å². The molecule has 0 aliphatic heterocycles. The van der Waals surface area contributed by atoms with Gasteiger partial charge >= 0.3 is 0 Å². The second-order valence-electron chi connectivity index (χ2n) is 16.7. The van der Waals surface area contributed by atoms with Crippen molar-refractivity contribution in [2.24, 2.45) is 0 Å². The molecule has 1 atom stereocenters. The maximum absolute atomic E-state index is 5.25. The van der Waals surface area contributed by atoms with Gasteiger partial charge in [0, 0.05) is 33.4 Å². The molecule has 1 aliphatic carbocycles. The molecule has 322 valence electrons. The smallest absolute Gasteiger partial charge is 0.164 e. The van der Waals surface area contributed by atoms with Crippen LogP contribution in [0.3, 0.4) is 0 Å². The number of aromatic nitrogens is 6. The molecule has 0 N–H and O–H groups in total. The van der Waals surface area contributed by atoms with E-state index >= 15 is 0 Å². The van der Waals surface area contributed by atoms with E-state index in [9.17, 15) is 0 Å². The van der Waals surface area contributed by atoms with Crippen molar-refractivity contribution >= 4 is 0 Å². The van der Waals surface area contributed by atoms with Crippen LogP contribution in [0.4, 0.5) is 0 Å². The third kappa shape index (κ3) is 7.74. The molecule has 8 aromatic carbocycles. The van der Waals surface area contributed by atoms with E-state index < -0.39 is 5.41 Å². The fourth-order valence-corrected chi connectivity index (χ4v) is 9.33. The minimum absolute atomic E-state index is 0.575. The predicted molar refractivity (Wildman–Crippen MR) is 276 cm³/mol. The van der Waals surface area contributed by atoms with Gasteiger partial charge in [-0.25, -0.2) is 29.9 Å². The number of fused-ring (bicyclic) bond motifs is 3. The van der Waals surface area contributed by atoms with Gasteiger partial charge in [0.25, 0.3) is 0 Å². The Bertz CT molecular complexity index is 3470. The minimum atomic E-state index is -0.598. The molecule has 2 heterocycles. The Morgan fingerprint density at radius 1 is 0.353 bits per heavy atom. The molecule has 68 heavy (non-hydrogen) atoms. The highest BCUT2D eigenvalue weighted by molar-refractivity contribution is 5.89. The summed E-state index contributed by atoms with van der Waals surface area (Å²) in [5.74, 6) is 3.59. The first-order chi connectivity index (χ1) is 33.6. The summed E-state index contributed by atoms with van der Waals surface area (Å²) in [7, 11) is 0. The second-order valence-corrected chi connectivity index (χ2v) is 16.7. The highest BCUT2D eigenvalue weighted by Gasteiger charge is 2.46. The molecular formula is C62H44N6. The second kappa shape index (κ2) is 18.1. The quantitative estimate of drug-likeness (QED) is 0.121. The lowest BCUT2D eigenvalue weighted by Crippen LogP contribution is -2.28. The first-order valence-electron chi connectivity index (χ1n) is 22.8. The number of hydrogen-bond donors (Lipinski definition) is 0. The predicted octanol–water partition coefficient (Wildman–Crippen LogP) is 14.7. The zero-order chi connectivity index (χ0) is 45.9. The van der Waals surface area contributed by atoms with E-state index in [1.54, 1.807) is 0 Å². The Hall–Kier alpha value is -9.00. The van der Waals surface area contributed by atoms with Gasteiger partial charge in [0.2, 0.25) is 0 Å². The van der Waals surface area contributed by atoms with E-state index in [0.717, 1.165) is 66.8 Å². The summed E-state index contributed by atoms with van der Waals surface area (Å²) >= 11 is 0. The lowest BCUT2D eigenvalue weighted by Gasteiger charge is -2.34. The van der Waals surface area contributed by atoms with E-state index in [1.807, 2.05) is 122 Å². The van der Waals surface area contributed by atoms with Gasteiger partial charge < -0.3 is 0 Å². The summed E-state index contributed by atoms with van der Waals surface area (Å²) in [5.41, 5.74) is 13.6. The number of rotatable bonds is 11. The molecule has 11 rings (SSSR count). The van der Waals surface area contributed by atoms with Gasteiger partial charge in [-0.2, -0.15) is 0 Å². The maximum Gasteiger partial charge on any atom is 0.164 e. The van der Waals surface area contributed by atoms with Crippen molar-refractivity contribution in [2.45, 2.75) is 12.3 Å². The third-order valence-electron chi connectivity index (χ3n) is 12.5. The summed E-state index contributed by atoms with van der Waals surface area (Å²) in [5, 5.41) is 0. The molecule has 0 amide bonds. The summed E-state index contributed by atoms with van der Waals surface area (Å²) in [4.78, 5) is 30.4. The van der Waals surface area contributed by atoms with Crippen LogP contribution in [0.2, 0.25) is 0 Å². The standard InChI is InChI=1S/C62H44N6/c1-3-4-9-22-42(2)62(51-33-16-8-17-34-51)54-36-19-18-35-52(54)53-41-50(37-38-55(53)62)61-67-58(45-27-14-7-15-28-45)66-60(68-61)49-32-21-30-47(40-49)46-29-20-31-48(39-46)59-64-56(43-23-10-5-11-24-43)63-57(65-59)44-25-12-6-13-26-44/h3-41H,2H2,1H3/b4-3-,22-9-. The zero-order valence-electron chi connectivity index (χ0n) is 37.4. The van der Waals surface area contributed by atoms with Crippen LogP contribution in [-0.2, 0) is 5.41 Å². The molecule has 0 saturated carbocycles. The van der Waals surface area contributed by atoms with Gasteiger partial charge in [0.1, 0.15) is 0 Å². The lowest BCUT2D eigenvalue weighted by molar-refractivity contribution is 0.770. The summed E-state index contributed by atoms with van der Waals surface area (Å²) < 4.78 is 0. The highest BCUT2D eigenvalue weighted by Crippen LogP contribution is 2.56. The molecule has 6 heteroatoms. The normalized spacial score (nSPS) is 14.0. The number of allylic oxidation sites excluding steroid dienone is 5. The van der Waals surface area contributed by atoms with Crippen LogP contribution in [0.25, 0.3) is 90.6 Å². The summed E-state index contributed by atoms with van der Waals surface area (Å²) in [6.07, 6.45) is 8.29. The van der Waals surface area contributed by atoms with E-state index in [2.05, 4.69) is 121 Å². The Balaban J connectivity index is 1.01. The van der Waals surface area contributed by atoms with Gasteiger partial charge in [0.15, 0.2) is 34.9 Å². The third-order valence-corrected chi connectivity index (χ3v) is 12.5. The van der Waals surface area contributed by atoms with Crippen LogP contribution in [-0.4, -0.2) is 29.9 Å². The van der Waals surface area contributed by atoms with E-state index in [1.165, 1.54) is 11.1 Å². The average Bonchev–Trinajstić information content (AvgIpc) is 3.72. The van der Waals surface area contributed by atoms with E-state index in [4.69, 9.17) is 36.5 Å². The SMILES string of the molecule is C=C(/C=C\C=C/C)C1(c2ccccc2)c2ccccc2-c2cc(-c3nc(-c4ccccc4)nc(-c4cccc(-c5cccc(-c6nc(-c7ccccc7)nc(-c7ccccc7)n6)c5)c4)n3)ccc21. The Morgan fingerprint density at radius 2 is 0.735 bits per heavy atom. The topological polar surface area (TPSA) is 77.3 Å². The molecular weight excluding hydrogens is 829 g/mol. The van der Waals surface area contributed by atoms with Crippen molar-refractivity contribution in [1.82, 2.24) is 29.9 Å². The van der Waals surface area contributed by atoms with Crippen molar-refractivity contribution < 1.29 is 0 Å². The monoisotopic (exact) mass is 872 g/mol. The van der Waals surface area contributed by atoms with Gasteiger partial charge in [0.05, 0.1) is 5.41 Å². The zero-order valence-corrected chi connectivity index (χ0v) is 37.4. The Morgan fingerprint density at radius 3 is 1.22 bits per heavy atom. The molecule has 0 fully saturated rings. The fraction of sp³-hybridized carbons (Fsp3) is 0.0323. The number of nitrogens with zero attached hydrogens (tertiary/aromatic N) is 6. The van der Waals surface area contributed by atoms with Gasteiger partial charge in [-0.1, -0.05) is 225 Å². The molecule has 1 unspecified atom stereocenters. The highest BCUT2D eigenvalue weighted by atomic mass is 15.0. The average molecular weight is 873 g/mol. The van der Waals surface area contributed by atoms with Crippen molar-refractivity contribution in [2.75, 3.05) is 0 Å². The van der Waals surface area contributed by atoms with E-state index in [0.29, 0.717) is 34.9 Å². The molecule has 0 bridgehead atoms. The lowest BCUT2D eigenvalue weighted by atomic mass is 9.67. The van der Waals surface area contributed by atoms with Crippen LogP contribution >= 0.6 is 0 Å². The first-order valence-corrected chi connectivity index (χ1v) is 22.8. The van der Waals surface area contributed by atoms with E-state index in [-0.39, 0.29) is 0 Å². The van der Waals surface area contributed by atoms with Gasteiger partial charge in [-0.05, 0) is 69.6 Å². The van der Waals surface area contributed by atoms with Gasteiger partial charge in [-0.3, -0.25) is 0 Å². The van der Waals surface area contributed by atoms with Crippen molar-refractivity contribution in [3.63, 3.8) is 0 Å². The first kappa shape index (κ1) is 41.7. The molecule has 0 spiro atoms. The van der Waals surface area contributed by atoms with Crippen LogP contribution < -0.4 is 0 Å². The van der Waals surface area contributed by atoms with Crippen LogP contribution in [0.15, 0.2) is 249 Å². The van der Waals surface area contributed by atoms with Crippen LogP contribution in [0.5, 0.6) is 0 Å². The fourth-order valence-electron chi connectivity index (χ4n) is 9.33. The number of hydrogen-bond acceptors (Lipinski definition) is 6. The minimum Gasteiger partial charge on any atom is -0.208 e. The largest absolute Gasteiger partial charge is 0.208 e. The molecule has 1 aliphatic rings. The molecule has 0 saturated heterocycles. The van der Waals surface area contributed by atoms with Crippen molar-refractivity contribution in [1.29, 1.82) is 0 Å². The van der Waals surface area contributed by atoms with Gasteiger partial charge in [-0.15, -0.1) is 0 Å². The molecule has 6 nitrogen and oxygen atoms in total.